The largest absolute Gasteiger partial charge is 0.356 e. The van der Waals surface area contributed by atoms with Gasteiger partial charge in [0.1, 0.15) is 0 Å². The first kappa shape index (κ1) is 24.8. The van der Waals surface area contributed by atoms with Crippen LogP contribution in [0.3, 0.4) is 0 Å². The van der Waals surface area contributed by atoms with Crippen molar-refractivity contribution in [3.8, 4) is 0 Å². The number of unbranched alkanes of at least 4 members (excludes halogenated alkanes) is 1. The molecule has 2 fully saturated rings. The first-order valence-corrected chi connectivity index (χ1v) is 11.7. The van der Waals surface area contributed by atoms with Crippen LogP contribution in [0.5, 0.6) is 0 Å². The number of nitrogens with zero attached hydrogens (tertiary/aromatic N) is 3. The molecule has 1 heterocycles. The molecule has 1 aliphatic carbocycles. The van der Waals surface area contributed by atoms with Crippen molar-refractivity contribution in [2.24, 2.45) is 4.99 Å². The zero-order chi connectivity index (χ0) is 19.7. The second kappa shape index (κ2) is 13.0. The number of thioether (sulfide) groups is 1. The smallest absolute Gasteiger partial charge is 0.191 e. The zero-order valence-electron chi connectivity index (χ0n) is 18.0. The maximum absolute atomic E-state index is 4.40. The molecule has 7 heteroatoms. The van der Waals surface area contributed by atoms with Gasteiger partial charge in [0, 0.05) is 56.0 Å². The highest BCUT2D eigenvalue weighted by molar-refractivity contribution is 14.0. The van der Waals surface area contributed by atoms with Gasteiger partial charge in [0.25, 0.3) is 0 Å². The molecule has 0 atom stereocenters. The van der Waals surface area contributed by atoms with E-state index < -0.39 is 0 Å². The molecule has 1 saturated carbocycles. The van der Waals surface area contributed by atoms with Crippen LogP contribution in [0.2, 0.25) is 0 Å². The lowest BCUT2D eigenvalue weighted by atomic mass is 10.2. The Labute approximate surface area is 198 Å². The predicted octanol–water partition coefficient (Wildman–Crippen LogP) is 3.51. The number of piperazine rings is 1. The van der Waals surface area contributed by atoms with E-state index in [0.717, 1.165) is 19.0 Å². The molecule has 0 amide bonds. The Hall–Kier alpha value is -0.510. The van der Waals surface area contributed by atoms with Crippen LogP contribution in [0, 0.1) is 0 Å². The standard InChI is InChI=1S/C22H37N5S.HI/c1-3-26-15-17-27(18-16-26)14-8-7-13-24-21(23-2)25-19-22(11-12-22)28-20-9-5-4-6-10-20;/h4-6,9-10H,3,7-8,11-19H2,1-2H3,(H2,23,24,25);1H. The van der Waals surface area contributed by atoms with E-state index in [-0.39, 0.29) is 24.0 Å². The fourth-order valence-electron chi connectivity index (χ4n) is 3.65. The SMILES string of the molecule is CCN1CCN(CCCCNC(=NC)NCC2(Sc3ccccc3)CC2)CC1.I. The quantitative estimate of drug-likeness (QED) is 0.210. The third-order valence-corrected chi connectivity index (χ3v) is 7.29. The van der Waals surface area contributed by atoms with Gasteiger partial charge in [-0.25, -0.2) is 0 Å². The summed E-state index contributed by atoms with van der Waals surface area (Å²) in [5.74, 6) is 0.941. The van der Waals surface area contributed by atoms with Crippen molar-refractivity contribution in [2.75, 3.05) is 59.4 Å². The number of aliphatic imine (C=N–C) groups is 1. The lowest BCUT2D eigenvalue weighted by Crippen LogP contribution is -2.46. The van der Waals surface area contributed by atoms with Crippen LogP contribution in [0.4, 0.5) is 0 Å². The molecule has 0 spiro atoms. The van der Waals surface area contributed by atoms with E-state index in [1.807, 2.05) is 18.8 Å². The summed E-state index contributed by atoms with van der Waals surface area (Å²) >= 11 is 2.00. The molecule has 0 radical (unpaired) electrons. The maximum Gasteiger partial charge on any atom is 0.191 e. The lowest BCUT2D eigenvalue weighted by molar-refractivity contribution is 0.136. The molecular formula is C22H38IN5S. The van der Waals surface area contributed by atoms with E-state index in [9.17, 15) is 0 Å². The number of rotatable bonds is 10. The van der Waals surface area contributed by atoms with Crippen molar-refractivity contribution in [1.82, 2.24) is 20.4 Å². The Balaban J connectivity index is 0.00000300. The van der Waals surface area contributed by atoms with E-state index in [2.05, 4.69) is 62.7 Å². The van der Waals surface area contributed by atoms with Crippen molar-refractivity contribution >= 4 is 41.7 Å². The summed E-state index contributed by atoms with van der Waals surface area (Å²) in [4.78, 5) is 10.9. The Morgan fingerprint density at radius 2 is 1.72 bits per heavy atom. The summed E-state index contributed by atoms with van der Waals surface area (Å²) in [6.45, 7) is 11.6. The number of nitrogens with one attached hydrogen (secondary N) is 2. The molecule has 1 aromatic carbocycles. The molecule has 29 heavy (non-hydrogen) atoms. The van der Waals surface area contributed by atoms with Gasteiger partial charge < -0.3 is 20.4 Å². The summed E-state index contributed by atoms with van der Waals surface area (Å²) in [7, 11) is 1.87. The van der Waals surface area contributed by atoms with Crippen LogP contribution < -0.4 is 10.6 Å². The first-order valence-electron chi connectivity index (χ1n) is 10.9. The molecule has 164 valence electrons. The normalized spacial score (nSPS) is 19.4. The Morgan fingerprint density at radius 1 is 1.03 bits per heavy atom. The molecule has 1 saturated heterocycles. The third kappa shape index (κ3) is 8.63. The molecule has 2 aliphatic rings. The summed E-state index contributed by atoms with van der Waals surface area (Å²) in [6.07, 6.45) is 5.01. The van der Waals surface area contributed by atoms with Crippen molar-refractivity contribution in [3.63, 3.8) is 0 Å². The van der Waals surface area contributed by atoms with Crippen molar-refractivity contribution < 1.29 is 0 Å². The third-order valence-electron chi connectivity index (χ3n) is 5.79. The average molecular weight is 532 g/mol. The zero-order valence-corrected chi connectivity index (χ0v) is 21.2. The van der Waals surface area contributed by atoms with E-state index >= 15 is 0 Å². The predicted molar refractivity (Wildman–Crippen MR) is 137 cm³/mol. The topological polar surface area (TPSA) is 42.9 Å². The average Bonchev–Trinajstić information content (AvgIpc) is 3.50. The van der Waals surface area contributed by atoms with Gasteiger partial charge in [-0.2, -0.15) is 0 Å². The Bertz CT molecular complexity index is 600. The van der Waals surface area contributed by atoms with Crippen LogP contribution in [0.25, 0.3) is 0 Å². The van der Waals surface area contributed by atoms with Gasteiger partial charge in [-0.05, 0) is 50.9 Å². The number of hydrogen-bond acceptors (Lipinski definition) is 4. The molecule has 1 aromatic rings. The minimum absolute atomic E-state index is 0. The second-order valence-electron chi connectivity index (χ2n) is 7.93. The van der Waals surface area contributed by atoms with Gasteiger partial charge in [0.05, 0.1) is 0 Å². The summed E-state index contributed by atoms with van der Waals surface area (Å²) < 4.78 is 0.347. The number of hydrogen-bond donors (Lipinski definition) is 2. The van der Waals surface area contributed by atoms with Gasteiger partial charge in [-0.1, -0.05) is 25.1 Å². The summed E-state index contributed by atoms with van der Waals surface area (Å²) in [5.41, 5.74) is 0. The van der Waals surface area contributed by atoms with Crippen LogP contribution >= 0.6 is 35.7 Å². The Morgan fingerprint density at radius 3 is 2.34 bits per heavy atom. The van der Waals surface area contributed by atoms with Crippen LogP contribution in [0.15, 0.2) is 40.2 Å². The Kier molecular flexibility index (Phi) is 11.1. The van der Waals surface area contributed by atoms with Gasteiger partial charge in [0.15, 0.2) is 5.96 Å². The second-order valence-corrected chi connectivity index (χ2v) is 9.48. The maximum atomic E-state index is 4.40. The van der Waals surface area contributed by atoms with Crippen LogP contribution in [-0.4, -0.2) is 79.9 Å². The molecule has 0 unspecified atom stereocenters. The summed E-state index contributed by atoms with van der Waals surface area (Å²) in [6, 6.07) is 10.7. The first-order chi connectivity index (χ1) is 13.7. The molecule has 1 aliphatic heterocycles. The molecule has 0 aromatic heterocycles. The number of benzene rings is 1. The van der Waals surface area contributed by atoms with Crippen molar-refractivity contribution in [3.05, 3.63) is 30.3 Å². The van der Waals surface area contributed by atoms with Gasteiger partial charge in [-0.3, -0.25) is 4.99 Å². The number of guanidine groups is 1. The molecule has 2 N–H and O–H groups in total. The van der Waals surface area contributed by atoms with Crippen molar-refractivity contribution in [1.29, 1.82) is 0 Å². The minimum Gasteiger partial charge on any atom is -0.356 e. The molecular weight excluding hydrogens is 493 g/mol. The van der Waals surface area contributed by atoms with Gasteiger partial charge in [0.2, 0.25) is 0 Å². The number of halogens is 1. The van der Waals surface area contributed by atoms with Crippen LogP contribution in [0.1, 0.15) is 32.6 Å². The summed E-state index contributed by atoms with van der Waals surface area (Å²) in [5, 5.41) is 7.04. The van der Waals surface area contributed by atoms with E-state index in [1.165, 1.54) is 69.8 Å². The van der Waals surface area contributed by atoms with E-state index in [4.69, 9.17) is 0 Å². The molecule has 5 nitrogen and oxygen atoms in total. The highest BCUT2D eigenvalue weighted by atomic mass is 127. The molecule has 0 bridgehead atoms. The number of likely N-dealkylation sites (N-methyl/N-ethyl adjacent to an activating group) is 1. The van der Waals surface area contributed by atoms with Gasteiger partial charge >= 0.3 is 0 Å². The lowest BCUT2D eigenvalue weighted by Gasteiger charge is -2.34. The fourth-order valence-corrected chi connectivity index (χ4v) is 4.90. The van der Waals surface area contributed by atoms with Gasteiger partial charge in [-0.15, -0.1) is 35.7 Å². The van der Waals surface area contributed by atoms with E-state index in [1.54, 1.807) is 0 Å². The van der Waals surface area contributed by atoms with Crippen LogP contribution in [-0.2, 0) is 0 Å². The van der Waals surface area contributed by atoms with Crippen molar-refractivity contribution in [2.45, 2.75) is 42.2 Å². The molecule has 3 rings (SSSR count). The monoisotopic (exact) mass is 531 g/mol. The fraction of sp³-hybridized carbons (Fsp3) is 0.682. The minimum atomic E-state index is 0. The van der Waals surface area contributed by atoms with E-state index in [0.29, 0.717) is 4.75 Å². The highest BCUT2D eigenvalue weighted by Crippen LogP contribution is 2.51. The highest BCUT2D eigenvalue weighted by Gasteiger charge is 2.43.